The van der Waals surface area contributed by atoms with Crippen LogP contribution in [0.15, 0.2) is 51.8 Å². The smallest absolute Gasteiger partial charge is 0.285 e. The SMILES string of the molecule is COCCn1c(=NS(=O)(=O)c2ccc(Cl)cc2)sc2cc([N+](=O)[O-])ccc21. The molecule has 0 radical (unpaired) electrons. The zero-order valence-electron chi connectivity index (χ0n) is 14.0. The Morgan fingerprint density at radius 1 is 1.26 bits per heavy atom. The number of aromatic nitrogens is 1. The van der Waals surface area contributed by atoms with Gasteiger partial charge in [0.2, 0.25) is 4.80 Å². The summed E-state index contributed by atoms with van der Waals surface area (Å²) in [6, 6.07) is 10.0. The van der Waals surface area contributed by atoms with Crippen molar-refractivity contribution in [2.75, 3.05) is 13.7 Å². The van der Waals surface area contributed by atoms with Gasteiger partial charge < -0.3 is 9.30 Å². The van der Waals surface area contributed by atoms with Gasteiger partial charge in [-0.3, -0.25) is 10.1 Å². The van der Waals surface area contributed by atoms with Gasteiger partial charge >= 0.3 is 0 Å². The van der Waals surface area contributed by atoms with Crippen LogP contribution in [0.1, 0.15) is 0 Å². The van der Waals surface area contributed by atoms with Crippen LogP contribution in [0.2, 0.25) is 5.02 Å². The average molecular weight is 428 g/mol. The van der Waals surface area contributed by atoms with Gasteiger partial charge in [-0.25, -0.2) is 0 Å². The summed E-state index contributed by atoms with van der Waals surface area (Å²) in [7, 11) is -2.44. The summed E-state index contributed by atoms with van der Waals surface area (Å²) in [5, 5.41) is 11.4. The molecule has 0 bridgehead atoms. The van der Waals surface area contributed by atoms with Crippen molar-refractivity contribution in [3.05, 3.63) is 62.4 Å². The number of methoxy groups -OCH3 is 1. The molecule has 2 aromatic carbocycles. The van der Waals surface area contributed by atoms with E-state index in [4.69, 9.17) is 16.3 Å². The maximum atomic E-state index is 12.6. The van der Waals surface area contributed by atoms with E-state index in [1.807, 2.05) is 0 Å². The van der Waals surface area contributed by atoms with E-state index in [-0.39, 0.29) is 15.4 Å². The Kier molecular flexibility index (Phi) is 5.61. The average Bonchev–Trinajstić information content (AvgIpc) is 2.95. The van der Waals surface area contributed by atoms with Crippen molar-refractivity contribution in [1.29, 1.82) is 0 Å². The van der Waals surface area contributed by atoms with Crippen LogP contribution >= 0.6 is 22.9 Å². The molecular weight excluding hydrogens is 414 g/mol. The molecule has 0 aliphatic carbocycles. The zero-order valence-corrected chi connectivity index (χ0v) is 16.4. The van der Waals surface area contributed by atoms with Crippen LogP contribution in [0.3, 0.4) is 0 Å². The molecule has 0 saturated carbocycles. The molecule has 0 aliphatic heterocycles. The molecule has 0 saturated heterocycles. The Bertz CT molecular complexity index is 1170. The molecular formula is C16H14ClN3O5S2. The van der Waals surface area contributed by atoms with Crippen LogP contribution in [-0.4, -0.2) is 31.6 Å². The molecule has 27 heavy (non-hydrogen) atoms. The number of nitrogens with zero attached hydrogens (tertiary/aromatic N) is 3. The van der Waals surface area contributed by atoms with Crippen molar-refractivity contribution >= 4 is 48.9 Å². The van der Waals surface area contributed by atoms with E-state index in [9.17, 15) is 18.5 Å². The van der Waals surface area contributed by atoms with Gasteiger partial charge in [-0.05, 0) is 30.3 Å². The Morgan fingerprint density at radius 3 is 2.59 bits per heavy atom. The largest absolute Gasteiger partial charge is 0.383 e. The lowest BCUT2D eigenvalue weighted by atomic mass is 10.3. The number of hydrogen-bond donors (Lipinski definition) is 0. The number of nitro groups is 1. The van der Waals surface area contributed by atoms with Gasteiger partial charge in [-0.1, -0.05) is 22.9 Å². The number of thiazole rings is 1. The molecule has 1 aromatic heterocycles. The molecule has 0 atom stereocenters. The van der Waals surface area contributed by atoms with Crippen molar-refractivity contribution in [2.45, 2.75) is 11.4 Å². The number of rotatable bonds is 6. The lowest BCUT2D eigenvalue weighted by molar-refractivity contribution is -0.384. The summed E-state index contributed by atoms with van der Waals surface area (Å²) in [5.41, 5.74) is 0.572. The highest BCUT2D eigenvalue weighted by Gasteiger charge is 2.16. The molecule has 8 nitrogen and oxygen atoms in total. The fraction of sp³-hybridized carbons (Fsp3) is 0.188. The lowest BCUT2D eigenvalue weighted by Gasteiger charge is -2.04. The Balaban J connectivity index is 2.20. The molecule has 0 amide bonds. The molecule has 0 aliphatic rings. The van der Waals surface area contributed by atoms with E-state index >= 15 is 0 Å². The summed E-state index contributed by atoms with van der Waals surface area (Å²) in [6.45, 7) is 0.681. The first-order valence-corrected chi connectivity index (χ1v) is 10.3. The number of nitro benzene ring substituents is 1. The zero-order chi connectivity index (χ0) is 19.6. The second-order valence-electron chi connectivity index (χ2n) is 5.46. The van der Waals surface area contributed by atoms with E-state index in [0.717, 1.165) is 11.3 Å². The Morgan fingerprint density at radius 2 is 1.96 bits per heavy atom. The number of non-ortho nitro benzene ring substituents is 1. The van der Waals surface area contributed by atoms with E-state index in [0.29, 0.717) is 28.4 Å². The van der Waals surface area contributed by atoms with Crippen LogP contribution in [0, 0.1) is 10.1 Å². The molecule has 11 heteroatoms. The molecule has 0 N–H and O–H groups in total. The van der Waals surface area contributed by atoms with Gasteiger partial charge in [0.15, 0.2) is 0 Å². The van der Waals surface area contributed by atoms with Crippen LogP contribution in [0.5, 0.6) is 0 Å². The fourth-order valence-electron chi connectivity index (χ4n) is 2.41. The fourth-order valence-corrected chi connectivity index (χ4v) is 4.82. The Labute approximate surface area is 163 Å². The monoisotopic (exact) mass is 427 g/mol. The van der Waals surface area contributed by atoms with Crippen molar-refractivity contribution in [3.63, 3.8) is 0 Å². The maximum Gasteiger partial charge on any atom is 0.285 e. The lowest BCUT2D eigenvalue weighted by Crippen LogP contribution is -2.19. The van der Waals surface area contributed by atoms with Gasteiger partial charge in [-0.2, -0.15) is 8.42 Å². The standard InChI is InChI=1S/C16H14ClN3O5S2/c1-25-9-8-19-14-7-4-12(20(21)22)10-15(14)26-16(19)18-27(23,24)13-5-2-11(17)3-6-13/h2-7,10H,8-9H2,1H3. The van der Waals surface area contributed by atoms with Gasteiger partial charge in [0, 0.05) is 30.8 Å². The number of benzene rings is 2. The highest BCUT2D eigenvalue weighted by Crippen LogP contribution is 2.24. The number of halogens is 1. The summed E-state index contributed by atoms with van der Waals surface area (Å²) in [6.07, 6.45) is 0. The van der Waals surface area contributed by atoms with Crippen molar-refractivity contribution in [2.24, 2.45) is 4.40 Å². The maximum absolute atomic E-state index is 12.6. The van der Waals surface area contributed by atoms with Gasteiger partial charge in [0.1, 0.15) is 0 Å². The molecule has 3 aromatic rings. The van der Waals surface area contributed by atoms with Crippen LogP contribution in [-0.2, 0) is 21.3 Å². The third kappa shape index (κ3) is 4.19. The van der Waals surface area contributed by atoms with Crippen LogP contribution < -0.4 is 4.80 Å². The molecule has 142 valence electrons. The van der Waals surface area contributed by atoms with Gasteiger partial charge in [0.05, 0.1) is 26.6 Å². The third-order valence-corrected chi connectivity index (χ3v) is 6.40. The number of fused-ring (bicyclic) bond motifs is 1. The molecule has 0 unspecified atom stereocenters. The normalized spacial score (nSPS) is 12.6. The minimum Gasteiger partial charge on any atom is -0.383 e. The predicted molar refractivity (Wildman–Crippen MR) is 103 cm³/mol. The topological polar surface area (TPSA) is 104 Å². The van der Waals surface area contributed by atoms with Crippen LogP contribution in [0.4, 0.5) is 5.69 Å². The minimum atomic E-state index is -3.97. The summed E-state index contributed by atoms with van der Waals surface area (Å²) in [4.78, 5) is 10.7. The quantitative estimate of drug-likeness (QED) is 0.443. The van der Waals surface area contributed by atoms with Crippen molar-refractivity contribution < 1.29 is 18.1 Å². The second-order valence-corrected chi connectivity index (χ2v) is 8.51. The minimum absolute atomic E-state index is 0.00799. The third-order valence-electron chi connectivity index (χ3n) is 3.71. The van der Waals surface area contributed by atoms with Crippen LogP contribution in [0.25, 0.3) is 10.2 Å². The summed E-state index contributed by atoms with van der Waals surface area (Å²) in [5.74, 6) is 0. The highest BCUT2D eigenvalue weighted by atomic mass is 35.5. The van der Waals surface area contributed by atoms with E-state index in [2.05, 4.69) is 4.40 Å². The molecule has 1 heterocycles. The van der Waals surface area contributed by atoms with Crippen molar-refractivity contribution in [3.8, 4) is 0 Å². The van der Waals surface area contributed by atoms with E-state index in [1.54, 1.807) is 10.6 Å². The first kappa shape index (κ1) is 19.5. The van der Waals surface area contributed by atoms with E-state index in [1.165, 1.54) is 43.5 Å². The molecule has 3 rings (SSSR count). The number of hydrogen-bond acceptors (Lipinski definition) is 6. The number of sulfonamides is 1. The Hall–Kier alpha value is -2.27. The highest BCUT2D eigenvalue weighted by molar-refractivity contribution is 7.90. The first-order valence-electron chi connectivity index (χ1n) is 7.65. The predicted octanol–water partition coefficient (Wildman–Crippen LogP) is 3.20. The van der Waals surface area contributed by atoms with E-state index < -0.39 is 14.9 Å². The summed E-state index contributed by atoms with van der Waals surface area (Å²) >= 11 is 6.86. The number of ether oxygens (including phenoxy) is 1. The summed E-state index contributed by atoms with van der Waals surface area (Å²) < 4.78 is 36.5. The van der Waals surface area contributed by atoms with Gasteiger partial charge in [-0.15, -0.1) is 4.40 Å². The molecule has 0 fully saturated rings. The molecule has 0 spiro atoms. The van der Waals surface area contributed by atoms with Crippen molar-refractivity contribution in [1.82, 2.24) is 4.57 Å². The van der Waals surface area contributed by atoms with Gasteiger partial charge in [0.25, 0.3) is 15.7 Å². The second kappa shape index (κ2) is 7.77. The first-order chi connectivity index (χ1) is 12.8.